The van der Waals surface area contributed by atoms with Crippen LogP contribution in [0.2, 0.25) is 0 Å². The Morgan fingerprint density at radius 3 is 2.33 bits per heavy atom. The summed E-state index contributed by atoms with van der Waals surface area (Å²) in [6.07, 6.45) is 8.80. The SMILES string of the molecule is O=C(C(=O)N1CCN(C(=O)c2ccccc2)CC1)C1=CC=CCc2c(-c3cccnc3)ccc(F)c21. The maximum absolute atomic E-state index is 15.2. The van der Waals surface area contributed by atoms with Crippen molar-refractivity contribution in [3.63, 3.8) is 0 Å². The first-order chi connectivity index (χ1) is 17.5. The van der Waals surface area contributed by atoms with Crippen LogP contribution >= 0.6 is 0 Å². The van der Waals surface area contributed by atoms with E-state index in [0.717, 1.165) is 11.1 Å². The van der Waals surface area contributed by atoms with Crippen molar-refractivity contribution in [1.29, 1.82) is 0 Å². The Bertz CT molecular complexity index is 1380. The van der Waals surface area contributed by atoms with Gasteiger partial charge in [0, 0.05) is 60.8 Å². The Hall–Kier alpha value is -4.39. The van der Waals surface area contributed by atoms with E-state index in [0.29, 0.717) is 30.6 Å². The van der Waals surface area contributed by atoms with Crippen molar-refractivity contribution >= 4 is 23.2 Å². The summed E-state index contributed by atoms with van der Waals surface area (Å²) in [7, 11) is 0. The number of pyridine rings is 1. The zero-order valence-corrected chi connectivity index (χ0v) is 19.6. The summed E-state index contributed by atoms with van der Waals surface area (Å²) in [6.45, 7) is 1.11. The molecule has 2 amide bonds. The molecule has 1 saturated heterocycles. The third-order valence-corrected chi connectivity index (χ3v) is 6.54. The number of ketones is 1. The lowest BCUT2D eigenvalue weighted by Crippen LogP contribution is -2.52. The van der Waals surface area contributed by atoms with Crippen molar-refractivity contribution in [3.05, 3.63) is 108 Å². The van der Waals surface area contributed by atoms with Crippen LogP contribution in [0.25, 0.3) is 16.7 Å². The van der Waals surface area contributed by atoms with Crippen LogP contribution in [0.4, 0.5) is 4.39 Å². The third kappa shape index (κ3) is 4.47. The number of piperazine rings is 1. The minimum atomic E-state index is -0.757. The maximum atomic E-state index is 15.2. The molecule has 0 spiro atoms. The Labute approximate surface area is 208 Å². The van der Waals surface area contributed by atoms with Crippen LogP contribution in [0.3, 0.4) is 0 Å². The average Bonchev–Trinajstić information content (AvgIpc) is 3.17. The highest BCUT2D eigenvalue weighted by molar-refractivity contribution is 6.53. The van der Waals surface area contributed by atoms with Crippen molar-refractivity contribution in [3.8, 4) is 11.1 Å². The number of amides is 2. The van der Waals surface area contributed by atoms with E-state index in [4.69, 9.17) is 0 Å². The fourth-order valence-corrected chi connectivity index (χ4v) is 4.67. The molecule has 180 valence electrons. The number of rotatable bonds is 4. The molecular formula is C29H24FN3O3. The van der Waals surface area contributed by atoms with Gasteiger partial charge in [0.1, 0.15) is 5.82 Å². The summed E-state index contributed by atoms with van der Waals surface area (Å²) in [5.74, 6) is -2.11. The van der Waals surface area contributed by atoms with Gasteiger partial charge in [0.25, 0.3) is 17.6 Å². The zero-order valence-electron chi connectivity index (χ0n) is 19.6. The molecule has 0 radical (unpaired) electrons. The van der Waals surface area contributed by atoms with Crippen LogP contribution in [0.1, 0.15) is 21.5 Å². The molecule has 6 nitrogen and oxygen atoms in total. The van der Waals surface area contributed by atoms with Crippen LogP contribution < -0.4 is 0 Å². The van der Waals surface area contributed by atoms with Crippen LogP contribution in [0.15, 0.2) is 85.2 Å². The number of nitrogens with zero attached hydrogens (tertiary/aromatic N) is 3. The number of hydrogen-bond donors (Lipinski definition) is 0. The molecule has 5 rings (SSSR count). The number of carbonyl (C=O) groups is 3. The van der Waals surface area contributed by atoms with Gasteiger partial charge in [-0.2, -0.15) is 0 Å². The molecule has 0 unspecified atom stereocenters. The first-order valence-corrected chi connectivity index (χ1v) is 11.8. The molecule has 1 aliphatic heterocycles. The van der Waals surface area contributed by atoms with Crippen molar-refractivity contribution in [2.75, 3.05) is 26.2 Å². The molecule has 1 aliphatic carbocycles. The van der Waals surface area contributed by atoms with E-state index in [9.17, 15) is 14.4 Å². The highest BCUT2D eigenvalue weighted by atomic mass is 19.1. The van der Waals surface area contributed by atoms with Gasteiger partial charge < -0.3 is 9.80 Å². The lowest BCUT2D eigenvalue weighted by Gasteiger charge is -2.34. The van der Waals surface area contributed by atoms with Crippen LogP contribution in [0.5, 0.6) is 0 Å². The lowest BCUT2D eigenvalue weighted by atomic mass is 9.89. The molecule has 0 N–H and O–H groups in total. The van der Waals surface area contributed by atoms with E-state index in [2.05, 4.69) is 4.98 Å². The lowest BCUT2D eigenvalue weighted by molar-refractivity contribution is -0.142. The predicted molar refractivity (Wildman–Crippen MR) is 134 cm³/mol. The molecule has 36 heavy (non-hydrogen) atoms. The molecule has 1 aromatic heterocycles. The summed E-state index contributed by atoms with van der Waals surface area (Å²) in [6, 6.07) is 15.6. The molecular weight excluding hydrogens is 457 g/mol. The first kappa shape index (κ1) is 23.4. The second-order valence-corrected chi connectivity index (χ2v) is 8.68. The third-order valence-electron chi connectivity index (χ3n) is 6.54. The van der Waals surface area contributed by atoms with Crippen LogP contribution in [-0.2, 0) is 16.0 Å². The van der Waals surface area contributed by atoms with Gasteiger partial charge >= 0.3 is 0 Å². The fraction of sp³-hybridized carbons (Fsp3) is 0.172. The van der Waals surface area contributed by atoms with Crippen LogP contribution in [-0.4, -0.2) is 58.6 Å². The first-order valence-electron chi connectivity index (χ1n) is 11.8. The van der Waals surface area contributed by atoms with Gasteiger partial charge in [-0.15, -0.1) is 0 Å². The predicted octanol–water partition coefficient (Wildman–Crippen LogP) is 3.94. The van der Waals surface area contributed by atoms with Gasteiger partial charge in [-0.3, -0.25) is 19.4 Å². The Morgan fingerprint density at radius 2 is 1.61 bits per heavy atom. The second kappa shape index (κ2) is 10.1. The summed E-state index contributed by atoms with van der Waals surface area (Å²) in [5.41, 5.74) is 2.99. The molecule has 3 aromatic rings. The standard InChI is InChI=1S/C29H24FN3O3/c30-25-13-12-22(21-9-6-14-31-19-21)23-10-4-5-11-24(26(23)25)27(34)29(36)33-17-15-32(16-18-33)28(35)20-7-2-1-3-8-20/h1-9,11-14,19H,10,15-18H2. The highest BCUT2D eigenvalue weighted by Gasteiger charge is 2.32. The normalized spacial score (nSPS) is 15.1. The van der Waals surface area contributed by atoms with Gasteiger partial charge in [0.15, 0.2) is 0 Å². The Balaban J connectivity index is 1.37. The van der Waals surface area contributed by atoms with E-state index < -0.39 is 17.5 Å². The van der Waals surface area contributed by atoms with Crippen molar-refractivity contribution < 1.29 is 18.8 Å². The minimum absolute atomic E-state index is 0.0368. The molecule has 7 heteroatoms. The monoisotopic (exact) mass is 481 g/mol. The average molecular weight is 482 g/mol. The number of fused-ring (bicyclic) bond motifs is 1. The second-order valence-electron chi connectivity index (χ2n) is 8.68. The summed E-state index contributed by atoms with van der Waals surface area (Å²) >= 11 is 0. The molecule has 2 aromatic carbocycles. The molecule has 2 heterocycles. The fourth-order valence-electron chi connectivity index (χ4n) is 4.67. The molecule has 2 aliphatic rings. The molecule has 0 saturated carbocycles. The van der Waals surface area contributed by atoms with Crippen LogP contribution in [0, 0.1) is 5.82 Å². The molecule has 1 fully saturated rings. The Morgan fingerprint density at radius 1 is 0.861 bits per heavy atom. The Kier molecular flexibility index (Phi) is 6.54. The quantitative estimate of drug-likeness (QED) is 0.530. The summed E-state index contributed by atoms with van der Waals surface area (Å²) < 4.78 is 15.2. The smallest absolute Gasteiger partial charge is 0.295 e. The van der Waals surface area contributed by atoms with E-state index in [1.54, 1.807) is 59.8 Å². The van der Waals surface area contributed by atoms with Crippen molar-refractivity contribution in [2.45, 2.75) is 6.42 Å². The molecule has 0 atom stereocenters. The van der Waals surface area contributed by atoms with Gasteiger partial charge in [0.2, 0.25) is 0 Å². The van der Waals surface area contributed by atoms with E-state index in [1.807, 2.05) is 18.2 Å². The largest absolute Gasteiger partial charge is 0.335 e. The van der Waals surface area contributed by atoms with Gasteiger partial charge in [-0.05, 0) is 41.8 Å². The topological polar surface area (TPSA) is 70.6 Å². The van der Waals surface area contributed by atoms with Gasteiger partial charge in [-0.25, -0.2) is 4.39 Å². The van der Waals surface area contributed by atoms with E-state index >= 15 is 4.39 Å². The summed E-state index contributed by atoms with van der Waals surface area (Å²) in [4.78, 5) is 46.6. The zero-order chi connectivity index (χ0) is 25.1. The number of hydrogen-bond acceptors (Lipinski definition) is 4. The van der Waals surface area contributed by atoms with E-state index in [-0.39, 0.29) is 30.1 Å². The number of carbonyl (C=O) groups excluding carboxylic acids is 3. The summed E-state index contributed by atoms with van der Waals surface area (Å²) in [5, 5.41) is 0. The van der Waals surface area contributed by atoms with Crippen molar-refractivity contribution in [1.82, 2.24) is 14.8 Å². The number of benzene rings is 2. The number of allylic oxidation sites excluding steroid dienone is 3. The van der Waals surface area contributed by atoms with E-state index in [1.165, 1.54) is 17.0 Å². The number of aromatic nitrogens is 1. The van der Waals surface area contributed by atoms with Gasteiger partial charge in [0.05, 0.1) is 0 Å². The number of Topliss-reactive ketones (excluding diaryl/α,β-unsaturated/α-hetero) is 1. The van der Waals surface area contributed by atoms with Gasteiger partial charge in [-0.1, -0.05) is 48.6 Å². The minimum Gasteiger partial charge on any atom is -0.335 e. The highest BCUT2D eigenvalue weighted by Crippen LogP contribution is 2.34. The maximum Gasteiger partial charge on any atom is 0.295 e. The van der Waals surface area contributed by atoms with Crippen molar-refractivity contribution in [2.24, 2.45) is 0 Å². The number of halogens is 1. The molecule has 0 bridgehead atoms.